The Morgan fingerprint density at radius 3 is 2.76 bits per heavy atom. The summed E-state index contributed by atoms with van der Waals surface area (Å²) >= 11 is 0. The van der Waals surface area contributed by atoms with Crippen LogP contribution in [0.1, 0.15) is 29.7 Å². The Morgan fingerprint density at radius 2 is 1.92 bits per heavy atom. The van der Waals surface area contributed by atoms with Crippen molar-refractivity contribution in [2.75, 3.05) is 0 Å². The highest BCUT2D eigenvalue weighted by Crippen LogP contribution is 2.16. The first kappa shape index (κ1) is 15.4. The van der Waals surface area contributed by atoms with E-state index in [2.05, 4.69) is 34.1 Å². The number of aryl methyl sites for hydroxylation is 2. The molecule has 3 heterocycles. The third kappa shape index (κ3) is 2.89. The number of aromatic nitrogens is 4. The number of pyridine rings is 2. The number of benzene rings is 1. The van der Waals surface area contributed by atoms with Crippen LogP contribution in [0, 0.1) is 12.7 Å². The van der Waals surface area contributed by atoms with Crippen LogP contribution in [-0.4, -0.2) is 19.6 Å². The smallest absolute Gasteiger partial charge is 0.175 e. The van der Waals surface area contributed by atoms with Crippen molar-refractivity contribution in [1.29, 1.82) is 0 Å². The molecule has 0 amide bonds. The van der Waals surface area contributed by atoms with Gasteiger partial charge in [0.1, 0.15) is 5.82 Å². The Bertz CT molecular complexity index is 1110. The van der Waals surface area contributed by atoms with Crippen molar-refractivity contribution >= 4 is 28.7 Å². The molecule has 0 unspecified atom stereocenters. The minimum Gasteiger partial charge on any atom is -0.248 e. The Labute approximate surface area is 144 Å². The maximum absolute atomic E-state index is 13.2. The van der Waals surface area contributed by atoms with E-state index in [0.29, 0.717) is 5.82 Å². The molecule has 0 spiro atoms. The summed E-state index contributed by atoms with van der Waals surface area (Å²) in [6.45, 7) is 4.12. The van der Waals surface area contributed by atoms with Gasteiger partial charge in [0.2, 0.25) is 0 Å². The zero-order chi connectivity index (χ0) is 17.4. The van der Waals surface area contributed by atoms with Crippen LogP contribution in [0.15, 0.2) is 42.5 Å². The summed E-state index contributed by atoms with van der Waals surface area (Å²) in [6, 6.07) is 12.4. The van der Waals surface area contributed by atoms with E-state index in [0.717, 1.165) is 34.4 Å². The van der Waals surface area contributed by atoms with Crippen molar-refractivity contribution in [2.24, 2.45) is 0 Å². The molecule has 0 fully saturated rings. The van der Waals surface area contributed by atoms with Crippen LogP contribution in [0.2, 0.25) is 0 Å². The van der Waals surface area contributed by atoms with E-state index in [9.17, 15) is 4.39 Å². The fourth-order valence-corrected chi connectivity index (χ4v) is 2.86. The van der Waals surface area contributed by atoms with E-state index in [-0.39, 0.29) is 5.82 Å². The topological polar surface area (TPSA) is 43.1 Å². The van der Waals surface area contributed by atoms with Gasteiger partial charge in [0.15, 0.2) is 11.5 Å². The molecule has 25 heavy (non-hydrogen) atoms. The molecule has 0 saturated heterocycles. The van der Waals surface area contributed by atoms with Gasteiger partial charge in [0.05, 0.1) is 11.2 Å². The van der Waals surface area contributed by atoms with Gasteiger partial charge in [-0.3, -0.25) is 0 Å². The number of hydrogen-bond donors (Lipinski definition) is 0. The van der Waals surface area contributed by atoms with Crippen LogP contribution in [0.25, 0.3) is 28.7 Å². The molecule has 3 aromatic heterocycles. The minimum atomic E-state index is -0.256. The summed E-state index contributed by atoms with van der Waals surface area (Å²) in [5.74, 6) is 0.388. The average Bonchev–Trinajstić information content (AvgIpc) is 3.05. The molecule has 4 aromatic rings. The molecule has 0 bridgehead atoms. The lowest BCUT2D eigenvalue weighted by Gasteiger charge is -2.01. The first-order valence-electron chi connectivity index (χ1n) is 8.23. The van der Waals surface area contributed by atoms with E-state index in [4.69, 9.17) is 0 Å². The number of hydrogen-bond acceptors (Lipinski definition) is 3. The van der Waals surface area contributed by atoms with Crippen molar-refractivity contribution in [3.63, 3.8) is 0 Å². The number of fused-ring (bicyclic) bond motifs is 2. The maximum atomic E-state index is 13.2. The predicted octanol–water partition coefficient (Wildman–Crippen LogP) is 4.46. The molecule has 4 nitrogen and oxygen atoms in total. The van der Waals surface area contributed by atoms with E-state index < -0.39 is 0 Å². The highest BCUT2D eigenvalue weighted by Gasteiger charge is 2.07. The average molecular weight is 332 g/mol. The first-order chi connectivity index (χ1) is 12.1. The van der Waals surface area contributed by atoms with Gasteiger partial charge in [0, 0.05) is 11.1 Å². The third-order valence-electron chi connectivity index (χ3n) is 4.23. The minimum absolute atomic E-state index is 0.256. The Hall–Kier alpha value is -3.08. The molecule has 0 aliphatic rings. The largest absolute Gasteiger partial charge is 0.248 e. The lowest BCUT2D eigenvalue weighted by atomic mass is 10.2. The summed E-state index contributed by atoms with van der Waals surface area (Å²) in [7, 11) is 0. The molecule has 0 aliphatic heterocycles. The van der Waals surface area contributed by atoms with Crippen molar-refractivity contribution < 1.29 is 4.39 Å². The molecule has 0 N–H and O–H groups in total. The van der Waals surface area contributed by atoms with Gasteiger partial charge in [-0.05, 0) is 61.4 Å². The summed E-state index contributed by atoms with van der Waals surface area (Å²) in [4.78, 5) is 9.14. The second-order valence-corrected chi connectivity index (χ2v) is 5.97. The maximum Gasteiger partial charge on any atom is 0.175 e. The van der Waals surface area contributed by atoms with E-state index >= 15 is 0 Å². The van der Waals surface area contributed by atoms with Gasteiger partial charge in [-0.1, -0.05) is 19.1 Å². The van der Waals surface area contributed by atoms with E-state index in [1.165, 1.54) is 17.7 Å². The van der Waals surface area contributed by atoms with Crippen LogP contribution in [0.5, 0.6) is 0 Å². The fourth-order valence-electron chi connectivity index (χ4n) is 2.86. The Morgan fingerprint density at radius 1 is 1.04 bits per heavy atom. The predicted molar refractivity (Wildman–Crippen MR) is 97.7 cm³/mol. The monoisotopic (exact) mass is 332 g/mol. The lowest BCUT2D eigenvalue weighted by Crippen LogP contribution is -1.96. The molecule has 0 atom stereocenters. The standard InChI is InChI=1S/C20H17FN4/c1-3-14-5-4-13(2)25-20(14)23-19(24-25)11-9-17-8-6-15-12-16(21)7-10-18(15)22-17/h4-12H,3H2,1-2H3. The number of rotatable bonds is 3. The molecule has 0 aliphatic carbocycles. The van der Waals surface area contributed by atoms with E-state index in [1.807, 2.05) is 35.7 Å². The highest BCUT2D eigenvalue weighted by molar-refractivity contribution is 5.80. The van der Waals surface area contributed by atoms with Gasteiger partial charge in [-0.2, -0.15) is 0 Å². The quantitative estimate of drug-likeness (QED) is 0.556. The van der Waals surface area contributed by atoms with E-state index in [1.54, 1.807) is 6.07 Å². The second-order valence-electron chi connectivity index (χ2n) is 5.97. The Balaban J connectivity index is 1.71. The lowest BCUT2D eigenvalue weighted by molar-refractivity contribution is 0.629. The summed E-state index contributed by atoms with van der Waals surface area (Å²) < 4.78 is 15.1. The zero-order valence-electron chi connectivity index (χ0n) is 14.1. The molecular formula is C20H17FN4. The van der Waals surface area contributed by atoms with Gasteiger partial charge < -0.3 is 0 Å². The van der Waals surface area contributed by atoms with Crippen LogP contribution >= 0.6 is 0 Å². The second kappa shape index (κ2) is 6.09. The third-order valence-corrected chi connectivity index (χ3v) is 4.23. The SMILES string of the molecule is CCc1ccc(C)n2nc(C=Cc3ccc4cc(F)ccc4n3)nc12. The molecule has 1 aromatic carbocycles. The molecule has 5 heteroatoms. The van der Waals surface area contributed by atoms with Crippen molar-refractivity contribution in [1.82, 2.24) is 19.6 Å². The van der Waals surface area contributed by atoms with Gasteiger partial charge in [0.25, 0.3) is 0 Å². The molecular weight excluding hydrogens is 315 g/mol. The molecule has 4 rings (SSSR count). The van der Waals surface area contributed by atoms with Gasteiger partial charge in [-0.15, -0.1) is 5.10 Å². The van der Waals surface area contributed by atoms with Crippen molar-refractivity contribution in [2.45, 2.75) is 20.3 Å². The number of halogens is 1. The van der Waals surface area contributed by atoms with Crippen LogP contribution in [0.4, 0.5) is 4.39 Å². The summed E-state index contributed by atoms with van der Waals surface area (Å²) in [6.07, 6.45) is 4.64. The van der Waals surface area contributed by atoms with Crippen molar-refractivity contribution in [3.8, 4) is 0 Å². The normalized spacial score (nSPS) is 11.8. The fraction of sp³-hybridized carbons (Fsp3) is 0.150. The molecule has 0 radical (unpaired) electrons. The Kier molecular flexibility index (Phi) is 3.76. The summed E-state index contributed by atoms with van der Waals surface area (Å²) in [5, 5.41) is 5.33. The summed E-state index contributed by atoms with van der Waals surface area (Å²) in [5.41, 5.74) is 4.65. The highest BCUT2D eigenvalue weighted by atomic mass is 19.1. The van der Waals surface area contributed by atoms with Crippen molar-refractivity contribution in [3.05, 3.63) is 71.1 Å². The van der Waals surface area contributed by atoms with Crippen LogP contribution in [-0.2, 0) is 6.42 Å². The first-order valence-corrected chi connectivity index (χ1v) is 8.23. The van der Waals surface area contributed by atoms with Crippen LogP contribution < -0.4 is 0 Å². The van der Waals surface area contributed by atoms with Crippen LogP contribution in [0.3, 0.4) is 0 Å². The molecule has 0 saturated carbocycles. The zero-order valence-corrected chi connectivity index (χ0v) is 14.1. The van der Waals surface area contributed by atoms with Gasteiger partial charge >= 0.3 is 0 Å². The number of nitrogens with zero attached hydrogens (tertiary/aromatic N) is 4. The molecule has 124 valence electrons. The van der Waals surface area contributed by atoms with Gasteiger partial charge in [-0.25, -0.2) is 18.9 Å².